The smallest absolute Gasteiger partial charge is 0.232 e. The Kier molecular flexibility index (Phi) is 4.66. The summed E-state index contributed by atoms with van der Waals surface area (Å²) in [7, 11) is -3.41. The van der Waals surface area contributed by atoms with Crippen molar-refractivity contribution in [2.45, 2.75) is 6.54 Å². The van der Waals surface area contributed by atoms with E-state index < -0.39 is 10.0 Å². The standard InChI is InChI=1S/C15H13BrN2O2S/c1-21(19,20)18(11-13-3-2-4-14(16)9-13)15-7-5-12(10-17)6-8-15/h2-9H,11H2,1H3. The van der Waals surface area contributed by atoms with Crippen LogP contribution in [0.25, 0.3) is 0 Å². The second-order valence-electron chi connectivity index (χ2n) is 4.56. The number of rotatable bonds is 4. The van der Waals surface area contributed by atoms with Gasteiger partial charge in [0.05, 0.1) is 30.1 Å². The van der Waals surface area contributed by atoms with Crippen LogP contribution >= 0.6 is 15.9 Å². The van der Waals surface area contributed by atoms with E-state index in [2.05, 4.69) is 15.9 Å². The van der Waals surface area contributed by atoms with Crippen LogP contribution in [0.5, 0.6) is 0 Å². The van der Waals surface area contributed by atoms with Gasteiger partial charge in [0.1, 0.15) is 0 Å². The highest BCUT2D eigenvalue weighted by atomic mass is 79.9. The van der Waals surface area contributed by atoms with E-state index in [0.717, 1.165) is 10.0 Å². The Morgan fingerprint density at radius 1 is 1.19 bits per heavy atom. The molecule has 0 radical (unpaired) electrons. The molecule has 6 heteroatoms. The predicted molar refractivity (Wildman–Crippen MR) is 86.3 cm³/mol. The Labute approximate surface area is 132 Å². The van der Waals surface area contributed by atoms with Crippen molar-refractivity contribution in [3.8, 4) is 6.07 Å². The van der Waals surface area contributed by atoms with Crippen LogP contribution in [-0.2, 0) is 16.6 Å². The summed E-state index contributed by atoms with van der Waals surface area (Å²) in [6.07, 6.45) is 1.17. The Bertz CT molecular complexity index is 780. The highest BCUT2D eigenvalue weighted by molar-refractivity contribution is 9.10. The topological polar surface area (TPSA) is 61.2 Å². The molecular weight excluding hydrogens is 352 g/mol. The molecule has 0 N–H and O–H groups in total. The third-order valence-corrected chi connectivity index (χ3v) is 4.53. The van der Waals surface area contributed by atoms with Crippen LogP contribution in [0, 0.1) is 11.3 Å². The van der Waals surface area contributed by atoms with Gasteiger partial charge < -0.3 is 0 Å². The lowest BCUT2D eigenvalue weighted by molar-refractivity contribution is 0.596. The first-order valence-electron chi connectivity index (χ1n) is 6.12. The van der Waals surface area contributed by atoms with Crippen molar-refractivity contribution in [3.63, 3.8) is 0 Å². The summed E-state index contributed by atoms with van der Waals surface area (Å²) in [5.41, 5.74) is 1.91. The Hall–Kier alpha value is -1.84. The average Bonchev–Trinajstić information content (AvgIpc) is 2.44. The summed E-state index contributed by atoms with van der Waals surface area (Å²) >= 11 is 3.37. The van der Waals surface area contributed by atoms with Gasteiger partial charge in [-0.25, -0.2) is 8.42 Å². The van der Waals surface area contributed by atoms with Crippen molar-refractivity contribution in [2.75, 3.05) is 10.6 Å². The molecule has 4 nitrogen and oxygen atoms in total. The van der Waals surface area contributed by atoms with Gasteiger partial charge in [-0.3, -0.25) is 4.31 Å². The van der Waals surface area contributed by atoms with Gasteiger partial charge >= 0.3 is 0 Å². The zero-order valence-corrected chi connectivity index (χ0v) is 13.7. The molecule has 2 aromatic rings. The highest BCUT2D eigenvalue weighted by Crippen LogP contribution is 2.22. The van der Waals surface area contributed by atoms with Gasteiger partial charge in [0, 0.05) is 4.47 Å². The van der Waals surface area contributed by atoms with Gasteiger partial charge in [0.15, 0.2) is 0 Å². The molecule has 2 aromatic carbocycles. The molecule has 0 saturated heterocycles. The van der Waals surface area contributed by atoms with Crippen molar-refractivity contribution in [3.05, 3.63) is 64.1 Å². The van der Waals surface area contributed by atoms with Crippen LogP contribution < -0.4 is 4.31 Å². The van der Waals surface area contributed by atoms with Crippen molar-refractivity contribution < 1.29 is 8.42 Å². The number of anilines is 1. The number of benzene rings is 2. The largest absolute Gasteiger partial charge is 0.266 e. The predicted octanol–water partition coefficient (Wildman–Crippen LogP) is 3.29. The number of nitrogens with zero attached hydrogens (tertiary/aromatic N) is 2. The SMILES string of the molecule is CS(=O)(=O)N(Cc1cccc(Br)c1)c1ccc(C#N)cc1. The molecule has 0 aliphatic heterocycles. The molecule has 0 aromatic heterocycles. The van der Waals surface area contributed by atoms with Crippen molar-refractivity contribution in [2.24, 2.45) is 0 Å². The van der Waals surface area contributed by atoms with E-state index in [-0.39, 0.29) is 6.54 Å². The van der Waals surface area contributed by atoms with Crippen LogP contribution in [-0.4, -0.2) is 14.7 Å². The summed E-state index contributed by atoms with van der Waals surface area (Å²) < 4.78 is 26.3. The summed E-state index contributed by atoms with van der Waals surface area (Å²) in [6.45, 7) is 0.240. The van der Waals surface area contributed by atoms with E-state index in [1.54, 1.807) is 24.3 Å². The summed E-state index contributed by atoms with van der Waals surface area (Å²) in [6, 6.07) is 16.0. The van der Waals surface area contributed by atoms with Crippen LogP contribution in [0.2, 0.25) is 0 Å². The number of hydrogen-bond donors (Lipinski definition) is 0. The van der Waals surface area contributed by atoms with Gasteiger partial charge in [-0.05, 0) is 42.0 Å². The lowest BCUT2D eigenvalue weighted by Crippen LogP contribution is -2.29. The molecule has 0 fully saturated rings. The number of sulfonamides is 1. The summed E-state index contributed by atoms with van der Waals surface area (Å²) in [5, 5.41) is 8.81. The quantitative estimate of drug-likeness (QED) is 0.835. The molecule has 0 unspecified atom stereocenters. The Morgan fingerprint density at radius 2 is 1.86 bits per heavy atom. The first kappa shape index (κ1) is 15.5. The maximum atomic E-state index is 12.0. The van der Waals surface area contributed by atoms with Gasteiger partial charge in [-0.2, -0.15) is 5.26 Å². The first-order chi connectivity index (χ1) is 9.90. The van der Waals surface area contributed by atoms with E-state index in [9.17, 15) is 8.42 Å². The molecule has 2 rings (SSSR count). The molecule has 0 aliphatic carbocycles. The molecule has 0 spiro atoms. The van der Waals surface area contributed by atoms with Crippen LogP contribution in [0.4, 0.5) is 5.69 Å². The number of hydrogen-bond acceptors (Lipinski definition) is 3. The van der Waals surface area contributed by atoms with Crippen molar-refractivity contribution >= 4 is 31.6 Å². The third kappa shape index (κ3) is 4.06. The fourth-order valence-electron chi connectivity index (χ4n) is 1.90. The van der Waals surface area contributed by atoms with Gasteiger partial charge in [-0.1, -0.05) is 28.1 Å². The summed E-state index contributed by atoms with van der Waals surface area (Å²) in [4.78, 5) is 0. The minimum absolute atomic E-state index is 0.240. The molecule has 0 amide bonds. The molecule has 0 atom stereocenters. The van der Waals surface area contributed by atoms with E-state index in [1.807, 2.05) is 30.3 Å². The maximum Gasteiger partial charge on any atom is 0.232 e. The first-order valence-corrected chi connectivity index (χ1v) is 8.76. The van der Waals surface area contributed by atoms with Crippen LogP contribution in [0.3, 0.4) is 0 Å². The van der Waals surface area contributed by atoms with E-state index in [4.69, 9.17) is 5.26 Å². The Balaban J connectivity index is 2.37. The second kappa shape index (κ2) is 6.29. The minimum Gasteiger partial charge on any atom is -0.266 e. The van der Waals surface area contributed by atoms with Crippen molar-refractivity contribution in [1.82, 2.24) is 0 Å². The molecule has 0 bridgehead atoms. The van der Waals surface area contributed by atoms with E-state index in [1.165, 1.54) is 10.6 Å². The normalized spacial score (nSPS) is 10.9. The van der Waals surface area contributed by atoms with E-state index in [0.29, 0.717) is 11.3 Å². The number of halogens is 1. The zero-order chi connectivity index (χ0) is 15.5. The molecular formula is C15H13BrN2O2S. The van der Waals surface area contributed by atoms with Gasteiger partial charge in [0.25, 0.3) is 0 Å². The average molecular weight is 365 g/mol. The fraction of sp³-hybridized carbons (Fsp3) is 0.133. The zero-order valence-electron chi connectivity index (χ0n) is 11.3. The monoisotopic (exact) mass is 364 g/mol. The van der Waals surface area contributed by atoms with Crippen LogP contribution in [0.15, 0.2) is 53.0 Å². The maximum absolute atomic E-state index is 12.0. The van der Waals surface area contributed by atoms with Crippen molar-refractivity contribution in [1.29, 1.82) is 5.26 Å². The molecule has 0 aliphatic rings. The Morgan fingerprint density at radius 3 is 2.38 bits per heavy atom. The molecule has 0 saturated carbocycles. The lowest BCUT2D eigenvalue weighted by Gasteiger charge is -2.22. The lowest BCUT2D eigenvalue weighted by atomic mass is 10.2. The molecule has 21 heavy (non-hydrogen) atoms. The summed E-state index contributed by atoms with van der Waals surface area (Å²) in [5.74, 6) is 0. The van der Waals surface area contributed by atoms with Crippen LogP contribution in [0.1, 0.15) is 11.1 Å². The second-order valence-corrected chi connectivity index (χ2v) is 7.38. The molecule has 108 valence electrons. The fourth-order valence-corrected chi connectivity index (χ4v) is 3.24. The van der Waals surface area contributed by atoms with Gasteiger partial charge in [-0.15, -0.1) is 0 Å². The molecule has 0 heterocycles. The van der Waals surface area contributed by atoms with Gasteiger partial charge in [0.2, 0.25) is 10.0 Å². The third-order valence-electron chi connectivity index (χ3n) is 2.90. The minimum atomic E-state index is -3.41. The number of nitriles is 1. The van der Waals surface area contributed by atoms with E-state index >= 15 is 0 Å². The highest BCUT2D eigenvalue weighted by Gasteiger charge is 2.17.